The second-order valence-corrected chi connectivity index (χ2v) is 2.95. The summed E-state index contributed by atoms with van der Waals surface area (Å²) in [4.78, 5) is 10.9. The number of nitrogen functional groups attached to an aromatic ring is 1. The lowest BCUT2D eigenvalue weighted by molar-refractivity contribution is 0.0995. The zero-order valence-electron chi connectivity index (χ0n) is 7.87. The van der Waals surface area contributed by atoms with Crippen molar-refractivity contribution in [1.29, 1.82) is 0 Å². The molecule has 1 aromatic heterocycles. The van der Waals surface area contributed by atoms with E-state index in [1.54, 1.807) is 11.7 Å². The highest BCUT2D eigenvalue weighted by Gasteiger charge is 2.15. The van der Waals surface area contributed by atoms with E-state index in [4.69, 9.17) is 11.5 Å². The van der Waals surface area contributed by atoms with Crippen LogP contribution in [0.1, 0.15) is 29.5 Å². The van der Waals surface area contributed by atoms with Crippen LogP contribution >= 0.6 is 0 Å². The van der Waals surface area contributed by atoms with Gasteiger partial charge in [-0.3, -0.25) is 9.48 Å². The maximum atomic E-state index is 10.9. The van der Waals surface area contributed by atoms with Crippen molar-refractivity contribution in [3.63, 3.8) is 0 Å². The van der Waals surface area contributed by atoms with E-state index in [9.17, 15) is 4.79 Å². The van der Waals surface area contributed by atoms with Crippen LogP contribution < -0.4 is 11.5 Å². The number of amides is 1. The number of aromatic nitrogens is 2. The van der Waals surface area contributed by atoms with Crippen LogP contribution in [0.2, 0.25) is 0 Å². The molecule has 0 aromatic carbocycles. The van der Waals surface area contributed by atoms with E-state index < -0.39 is 5.91 Å². The van der Waals surface area contributed by atoms with Crippen molar-refractivity contribution >= 4 is 11.6 Å². The highest BCUT2D eigenvalue weighted by molar-refractivity contribution is 5.96. The molecule has 0 aliphatic rings. The van der Waals surface area contributed by atoms with Crippen molar-refractivity contribution < 1.29 is 4.79 Å². The van der Waals surface area contributed by atoms with Gasteiger partial charge in [0.15, 0.2) is 5.69 Å². The van der Waals surface area contributed by atoms with Crippen LogP contribution in [0.4, 0.5) is 5.69 Å². The van der Waals surface area contributed by atoms with Gasteiger partial charge >= 0.3 is 0 Å². The highest BCUT2D eigenvalue weighted by Crippen LogP contribution is 2.17. The number of anilines is 1. The maximum Gasteiger partial charge on any atom is 0.271 e. The lowest BCUT2D eigenvalue weighted by Gasteiger charge is -1.99. The molecule has 0 spiro atoms. The van der Waals surface area contributed by atoms with Crippen molar-refractivity contribution in [3.8, 4) is 0 Å². The number of hydrogen-bond donors (Lipinski definition) is 2. The van der Waals surface area contributed by atoms with Gasteiger partial charge in [-0.05, 0) is 6.42 Å². The molecule has 1 amide bonds. The average molecular weight is 182 g/mol. The molecule has 0 bridgehead atoms. The van der Waals surface area contributed by atoms with Crippen molar-refractivity contribution in [2.24, 2.45) is 12.8 Å². The normalized spacial score (nSPS) is 10.3. The molecule has 0 aliphatic carbocycles. The van der Waals surface area contributed by atoms with Gasteiger partial charge < -0.3 is 11.5 Å². The number of nitrogens with two attached hydrogens (primary N) is 2. The van der Waals surface area contributed by atoms with E-state index in [1.807, 2.05) is 6.92 Å². The van der Waals surface area contributed by atoms with Gasteiger partial charge in [-0.1, -0.05) is 13.3 Å². The molecule has 5 heteroatoms. The SMILES string of the molecule is CCCc1c(N)c(C(N)=O)nn1C. The first-order valence-electron chi connectivity index (χ1n) is 4.19. The van der Waals surface area contributed by atoms with Gasteiger partial charge in [0.1, 0.15) is 0 Å². The van der Waals surface area contributed by atoms with E-state index in [-0.39, 0.29) is 5.69 Å². The Kier molecular flexibility index (Phi) is 2.55. The third-order valence-electron chi connectivity index (χ3n) is 1.93. The molecule has 0 fully saturated rings. The molecule has 1 heterocycles. The minimum atomic E-state index is -0.574. The molecule has 0 radical (unpaired) electrons. The van der Waals surface area contributed by atoms with E-state index in [0.29, 0.717) is 5.69 Å². The van der Waals surface area contributed by atoms with Gasteiger partial charge in [0.05, 0.1) is 11.4 Å². The van der Waals surface area contributed by atoms with E-state index in [1.165, 1.54) is 0 Å². The number of aryl methyl sites for hydroxylation is 1. The summed E-state index contributed by atoms with van der Waals surface area (Å²) in [6.07, 6.45) is 1.77. The van der Waals surface area contributed by atoms with Crippen LogP contribution in [0.5, 0.6) is 0 Å². The minimum absolute atomic E-state index is 0.172. The van der Waals surface area contributed by atoms with Crippen LogP contribution in [0.3, 0.4) is 0 Å². The summed E-state index contributed by atoms with van der Waals surface area (Å²) >= 11 is 0. The van der Waals surface area contributed by atoms with Crippen molar-refractivity contribution in [1.82, 2.24) is 9.78 Å². The molecule has 4 N–H and O–H groups in total. The van der Waals surface area contributed by atoms with Crippen molar-refractivity contribution in [2.75, 3.05) is 5.73 Å². The fourth-order valence-electron chi connectivity index (χ4n) is 1.29. The monoisotopic (exact) mass is 182 g/mol. The van der Waals surface area contributed by atoms with Crippen molar-refractivity contribution in [3.05, 3.63) is 11.4 Å². The Bertz CT molecular complexity index is 329. The Hall–Kier alpha value is -1.52. The Labute approximate surface area is 76.7 Å². The first-order valence-corrected chi connectivity index (χ1v) is 4.19. The summed E-state index contributed by atoms with van der Waals surface area (Å²) in [7, 11) is 1.76. The minimum Gasteiger partial charge on any atom is -0.395 e. The predicted molar refractivity (Wildman–Crippen MR) is 50.1 cm³/mol. The maximum absolute atomic E-state index is 10.9. The molecular formula is C8H14N4O. The average Bonchev–Trinajstić information content (AvgIpc) is 2.32. The topological polar surface area (TPSA) is 86.9 Å². The second kappa shape index (κ2) is 3.47. The van der Waals surface area contributed by atoms with Gasteiger partial charge in [0.2, 0.25) is 0 Å². The van der Waals surface area contributed by atoms with E-state index in [0.717, 1.165) is 18.5 Å². The number of nitrogens with zero attached hydrogens (tertiary/aromatic N) is 2. The molecular weight excluding hydrogens is 168 g/mol. The van der Waals surface area contributed by atoms with Gasteiger partial charge in [-0.15, -0.1) is 0 Å². The quantitative estimate of drug-likeness (QED) is 0.692. The number of primary amides is 1. The van der Waals surface area contributed by atoms with Crippen LogP contribution in [0, 0.1) is 0 Å². The molecule has 1 aromatic rings. The number of hydrogen-bond acceptors (Lipinski definition) is 3. The van der Waals surface area contributed by atoms with Gasteiger partial charge in [0, 0.05) is 7.05 Å². The summed E-state index contributed by atoms with van der Waals surface area (Å²) in [5.41, 5.74) is 12.3. The Balaban J connectivity index is 3.14. The summed E-state index contributed by atoms with van der Waals surface area (Å²) in [6.45, 7) is 2.04. The summed E-state index contributed by atoms with van der Waals surface area (Å²) in [5.74, 6) is -0.574. The Morgan fingerprint density at radius 3 is 2.62 bits per heavy atom. The highest BCUT2D eigenvalue weighted by atomic mass is 16.1. The fourth-order valence-corrected chi connectivity index (χ4v) is 1.29. The lowest BCUT2D eigenvalue weighted by Crippen LogP contribution is -2.13. The van der Waals surface area contributed by atoms with Gasteiger partial charge in [-0.2, -0.15) is 5.10 Å². The number of rotatable bonds is 3. The van der Waals surface area contributed by atoms with Gasteiger partial charge in [0.25, 0.3) is 5.91 Å². The number of carbonyl (C=O) groups excluding carboxylic acids is 1. The largest absolute Gasteiger partial charge is 0.395 e. The molecule has 1 rings (SSSR count). The first kappa shape index (κ1) is 9.57. The first-order chi connectivity index (χ1) is 6.07. The third-order valence-corrected chi connectivity index (χ3v) is 1.93. The van der Waals surface area contributed by atoms with E-state index in [2.05, 4.69) is 5.10 Å². The third kappa shape index (κ3) is 1.63. The van der Waals surface area contributed by atoms with E-state index >= 15 is 0 Å². The summed E-state index contributed by atoms with van der Waals surface area (Å²) < 4.78 is 1.61. The zero-order valence-corrected chi connectivity index (χ0v) is 7.87. The van der Waals surface area contributed by atoms with Crippen molar-refractivity contribution in [2.45, 2.75) is 19.8 Å². The second-order valence-electron chi connectivity index (χ2n) is 2.95. The lowest BCUT2D eigenvalue weighted by atomic mass is 10.2. The predicted octanol–water partition coefficient (Wildman–Crippen LogP) is 0.0537. The molecule has 0 unspecified atom stereocenters. The molecule has 72 valence electrons. The molecule has 0 saturated carbocycles. The molecule has 0 aliphatic heterocycles. The number of carbonyl (C=O) groups is 1. The molecule has 5 nitrogen and oxygen atoms in total. The molecule has 13 heavy (non-hydrogen) atoms. The van der Waals surface area contributed by atoms with Gasteiger partial charge in [-0.25, -0.2) is 0 Å². The molecule has 0 saturated heterocycles. The zero-order chi connectivity index (χ0) is 10.0. The summed E-state index contributed by atoms with van der Waals surface area (Å²) in [5, 5.41) is 3.95. The Morgan fingerprint density at radius 2 is 2.23 bits per heavy atom. The van der Waals surface area contributed by atoms with Crippen LogP contribution in [-0.4, -0.2) is 15.7 Å². The van der Waals surface area contributed by atoms with Crippen LogP contribution in [0.15, 0.2) is 0 Å². The summed E-state index contributed by atoms with van der Waals surface area (Å²) in [6, 6.07) is 0. The molecule has 0 atom stereocenters. The Morgan fingerprint density at radius 1 is 1.62 bits per heavy atom. The van der Waals surface area contributed by atoms with Crippen LogP contribution in [-0.2, 0) is 13.5 Å². The fraction of sp³-hybridized carbons (Fsp3) is 0.500. The standard InChI is InChI=1S/C8H14N4O/c1-3-4-5-6(9)7(8(10)13)11-12(5)2/h3-4,9H2,1-2H3,(H2,10,13). The van der Waals surface area contributed by atoms with Crippen LogP contribution in [0.25, 0.3) is 0 Å². The smallest absolute Gasteiger partial charge is 0.271 e.